The van der Waals surface area contributed by atoms with E-state index in [0.717, 1.165) is 19.3 Å². The normalized spacial score (nSPS) is 23.9. The average molecular weight is 269 g/mol. The molecule has 2 N–H and O–H groups in total. The van der Waals surface area contributed by atoms with Gasteiger partial charge in [-0.1, -0.05) is 40.5 Å². The fourth-order valence-electron chi connectivity index (χ4n) is 2.92. The van der Waals surface area contributed by atoms with Crippen LogP contribution in [0, 0.1) is 23.2 Å². The van der Waals surface area contributed by atoms with Gasteiger partial charge in [0.05, 0.1) is 5.92 Å². The molecule has 0 aromatic carbocycles. The summed E-state index contributed by atoms with van der Waals surface area (Å²) in [5.74, 6) is -1.27. The van der Waals surface area contributed by atoms with Crippen LogP contribution in [0.2, 0.25) is 0 Å². The molecule has 0 heterocycles. The van der Waals surface area contributed by atoms with Gasteiger partial charge in [0.25, 0.3) is 0 Å². The number of amides is 1. The van der Waals surface area contributed by atoms with Crippen molar-refractivity contribution >= 4 is 11.9 Å². The third kappa shape index (κ3) is 4.22. The lowest BCUT2D eigenvalue weighted by Crippen LogP contribution is -2.44. The Hall–Kier alpha value is -1.06. The predicted molar refractivity (Wildman–Crippen MR) is 74.7 cm³/mol. The summed E-state index contributed by atoms with van der Waals surface area (Å²) in [6, 6.07) is 0. The predicted octanol–water partition coefficient (Wildman–Crippen LogP) is 2.68. The zero-order chi connectivity index (χ0) is 14.6. The largest absolute Gasteiger partial charge is 0.481 e. The number of carboxylic acid groups (broad SMARTS) is 1. The standard InChI is InChI=1S/C15H27NO3/c1-10(2)11(14(18)19)9-16-13(17)12-7-5-6-8-15(12,3)4/h10-12H,5-9H2,1-4H3,(H,16,17)(H,18,19). The SMILES string of the molecule is CC(C)C(CNC(=O)C1CCCCC1(C)C)C(=O)O. The van der Waals surface area contributed by atoms with E-state index in [1.807, 2.05) is 13.8 Å². The van der Waals surface area contributed by atoms with Gasteiger partial charge >= 0.3 is 5.97 Å². The number of carbonyl (C=O) groups excluding carboxylic acids is 1. The van der Waals surface area contributed by atoms with Crippen LogP contribution < -0.4 is 5.32 Å². The summed E-state index contributed by atoms with van der Waals surface area (Å²) in [7, 11) is 0. The van der Waals surface area contributed by atoms with Crippen molar-refractivity contribution in [3.63, 3.8) is 0 Å². The van der Waals surface area contributed by atoms with E-state index in [-0.39, 0.29) is 29.7 Å². The van der Waals surface area contributed by atoms with E-state index in [1.54, 1.807) is 0 Å². The molecule has 1 fully saturated rings. The average Bonchev–Trinajstić information content (AvgIpc) is 2.27. The lowest BCUT2D eigenvalue weighted by molar-refractivity contribution is -0.143. The van der Waals surface area contributed by atoms with Crippen LogP contribution in [-0.2, 0) is 9.59 Å². The lowest BCUT2D eigenvalue weighted by atomic mass is 9.68. The van der Waals surface area contributed by atoms with Crippen LogP contribution >= 0.6 is 0 Å². The van der Waals surface area contributed by atoms with Gasteiger partial charge in [-0.25, -0.2) is 0 Å². The number of nitrogens with one attached hydrogen (secondary N) is 1. The maximum absolute atomic E-state index is 12.3. The third-order valence-corrected chi connectivity index (χ3v) is 4.44. The Kier molecular flexibility index (Phi) is 5.39. The van der Waals surface area contributed by atoms with E-state index < -0.39 is 11.9 Å². The maximum atomic E-state index is 12.3. The fraction of sp³-hybridized carbons (Fsp3) is 0.867. The first kappa shape index (κ1) is 16.0. The molecule has 1 aliphatic carbocycles. The van der Waals surface area contributed by atoms with E-state index in [4.69, 9.17) is 5.11 Å². The van der Waals surface area contributed by atoms with Crippen LogP contribution in [0.15, 0.2) is 0 Å². The Morgan fingerprint density at radius 3 is 2.42 bits per heavy atom. The smallest absolute Gasteiger partial charge is 0.308 e. The van der Waals surface area contributed by atoms with Crippen LogP contribution in [0.4, 0.5) is 0 Å². The van der Waals surface area contributed by atoms with E-state index in [0.29, 0.717) is 0 Å². The number of hydrogen-bond donors (Lipinski definition) is 2. The highest BCUT2D eigenvalue weighted by molar-refractivity contribution is 5.80. The van der Waals surface area contributed by atoms with Gasteiger partial charge in [0.15, 0.2) is 0 Å². The molecule has 0 aliphatic heterocycles. The van der Waals surface area contributed by atoms with Gasteiger partial charge < -0.3 is 10.4 Å². The lowest BCUT2D eigenvalue weighted by Gasteiger charge is -2.37. The Balaban J connectivity index is 2.57. The molecule has 1 rings (SSSR count). The molecule has 1 amide bonds. The summed E-state index contributed by atoms with van der Waals surface area (Å²) in [5, 5.41) is 12.0. The summed E-state index contributed by atoms with van der Waals surface area (Å²) in [6.45, 7) is 8.24. The first-order valence-electron chi connectivity index (χ1n) is 7.26. The fourth-order valence-corrected chi connectivity index (χ4v) is 2.92. The van der Waals surface area contributed by atoms with Crippen molar-refractivity contribution in [1.29, 1.82) is 0 Å². The molecular formula is C15H27NO3. The third-order valence-electron chi connectivity index (χ3n) is 4.44. The molecule has 0 aromatic heterocycles. The van der Waals surface area contributed by atoms with Crippen molar-refractivity contribution in [2.75, 3.05) is 6.54 Å². The molecule has 2 unspecified atom stereocenters. The summed E-state index contributed by atoms with van der Waals surface area (Å²) >= 11 is 0. The number of carboxylic acids is 1. The van der Waals surface area contributed by atoms with Crippen molar-refractivity contribution in [1.82, 2.24) is 5.32 Å². The number of rotatable bonds is 5. The second-order valence-electron chi connectivity index (χ2n) is 6.72. The van der Waals surface area contributed by atoms with E-state index in [2.05, 4.69) is 19.2 Å². The second-order valence-corrected chi connectivity index (χ2v) is 6.72. The Labute approximate surface area is 116 Å². The highest BCUT2D eigenvalue weighted by atomic mass is 16.4. The summed E-state index contributed by atoms with van der Waals surface area (Å²) in [5.41, 5.74) is 0.0267. The van der Waals surface area contributed by atoms with Crippen molar-refractivity contribution < 1.29 is 14.7 Å². The Bertz CT molecular complexity index is 336. The summed E-state index contributed by atoms with van der Waals surface area (Å²) < 4.78 is 0. The molecule has 1 aliphatic rings. The minimum Gasteiger partial charge on any atom is -0.481 e. The Morgan fingerprint density at radius 1 is 1.32 bits per heavy atom. The molecule has 2 atom stereocenters. The van der Waals surface area contributed by atoms with Crippen LogP contribution in [0.3, 0.4) is 0 Å². The minimum absolute atomic E-state index is 0.0165. The molecule has 1 saturated carbocycles. The van der Waals surface area contributed by atoms with Crippen molar-refractivity contribution in [2.45, 2.75) is 53.4 Å². The second kappa shape index (κ2) is 6.40. The van der Waals surface area contributed by atoms with Crippen LogP contribution in [0.25, 0.3) is 0 Å². The van der Waals surface area contributed by atoms with Crippen LogP contribution in [-0.4, -0.2) is 23.5 Å². The zero-order valence-electron chi connectivity index (χ0n) is 12.5. The highest BCUT2D eigenvalue weighted by Crippen LogP contribution is 2.40. The number of carbonyl (C=O) groups is 2. The number of aliphatic carboxylic acids is 1. The van der Waals surface area contributed by atoms with Gasteiger partial charge in [-0.3, -0.25) is 9.59 Å². The molecule has 0 bridgehead atoms. The van der Waals surface area contributed by atoms with Crippen molar-refractivity contribution in [2.24, 2.45) is 23.2 Å². The minimum atomic E-state index is -0.835. The molecular weight excluding hydrogens is 242 g/mol. The molecule has 19 heavy (non-hydrogen) atoms. The topological polar surface area (TPSA) is 66.4 Å². The monoisotopic (exact) mass is 269 g/mol. The summed E-state index contributed by atoms with van der Waals surface area (Å²) in [6.07, 6.45) is 4.25. The maximum Gasteiger partial charge on any atom is 0.308 e. The molecule has 0 aromatic rings. The van der Waals surface area contributed by atoms with E-state index in [1.165, 1.54) is 6.42 Å². The van der Waals surface area contributed by atoms with Gasteiger partial charge in [-0.15, -0.1) is 0 Å². The first-order valence-corrected chi connectivity index (χ1v) is 7.26. The quantitative estimate of drug-likeness (QED) is 0.806. The zero-order valence-corrected chi connectivity index (χ0v) is 12.5. The molecule has 0 spiro atoms. The summed E-state index contributed by atoms with van der Waals surface area (Å²) in [4.78, 5) is 23.4. The van der Waals surface area contributed by atoms with Crippen molar-refractivity contribution in [3.8, 4) is 0 Å². The van der Waals surface area contributed by atoms with Gasteiger partial charge in [0, 0.05) is 12.5 Å². The van der Waals surface area contributed by atoms with E-state index in [9.17, 15) is 9.59 Å². The van der Waals surface area contributed by atoms with Gasteiger partial charge in [-0.2, -0.15) is 0 Å². The molecule has 0 saturated heterocycles. The number of hydrogen-bond acceptors (Lipinski definition) is 2. The highest BCUT2D eigenvalue weighted by Gasteiger charge is 2.37. The Morgan fingerprint density at radius 2 is 1.95 bits per heavy atom. The van der Waals surface area contributed by atoms with Gasteiger partial charge in [0.1, 0.15) is 0 Å². The van der Waals surface area contributed by atoms with Gasteiger partial charge in [-0.05, 0) is 24.2 Å². The molecule has 4 heteroatoms. The molecule has 0 radical (unpaired) electrons. The van der Waals surface area contributed by atoms with Gasteiger partial charge in [0.2, 0.25) is 5.91 Å². The first-order chi connectivity index (χ1) is 8.75. The van der Waals surface area contributed by atoms with Crippen LogP contribution in [0.1, 0.15) is 53.4 Å². The van der Waals surface area contributed by atoms with Crippen LogP contribution in [0.5, 0.6) is 0 Å². The molecule has 110 valence electrons. The van der Waals surface area contributed by atoms with Crippen molar-refractivity contribution in [3.05, 3.63) is 0 Å². The molecule has 4 nitrogen and oxygen atoms in total. The van der Waals surface area contributed by atoms with E-state index >= 15 is 0 Å².